The Bertz CT molecular complexity index is 906. The molecule has 3 N–H and O–H groups in total. The number of rotatable bonds is 6. The lowest BCUT2D eigenvalue weighted by Crippen LogP contribution is -2.40. The smallest absolute Gasteiger partial charge is 0.290 e. The fourth-order valence-electron chi connectivity index (χ4n) is 3.50. The van der Waals surface area contributed by atoms with Crippen molar-refractivity contribution >= 4 is 18.3 Å². The zero-order valence-electron chi connectivity index (χ0n) is 17.3. The Hall–Kier alpha value is -3.34. The normalized spacial score (nSPS) is 19.8. The highest BCUT2D eigenvalue weighted by Gasteiger charge is 2.39. The van der Waals surface area contributed by atoms with Crippen LogP contribution in [0.2, 0.25) is 0 Å². The quantitative estimate of drug-likeness (QED) is 0.552. The summed E-state index contributed by atoms with van der Waals surface area (Å²) in [6.07, 6.45) is 6.37. The summed E-state index contributed by atoms with van der Waals surface area (Å²) in [5.74, 6) is -1.81. The molecule has 2 aromatic rings. The summed E-state index contributed by atoms with van der Waals surface area (Å²) in [6, 6.07) is 0.682. The van der Waals surface area contributed by atoms with Crippen molar-refractivity contribution in [3.63, 3.8) is 0 Å². The Balaban J connectivity index is 0.00000107. The van der Waals surface area contributed by atoms with E-state index >= 15 is 0 Å². The number of carbonyl (C=O) groups excluding carboxylic acids is 2. The lowest BCUT2D eigenvalue weighted by atomic mass is 10.1. The zero-order valence-corrected chi connectivity index (χ0v) is 17.3. The van der Waals surface area contributed by atoms with Crippen LogP contribution in [-0.2, 0) is 23.1 Å². The molecule has 10 nitrogen and oxygen atoms in total. The summed E-state index contributed by atoms with van der Waals surface area (Å²) < 4.78 is 15.4. The van der Waals surface area contributed by atoms with E-state index in [9.17, 15) is 19.1 Å². The van der Waals surface area contributed by atoms with Crippen molar-refractivity contribution in [1.82, 2.24) is 25.0 Å². The number of aromatic nitrogens is 3. The number of hydrogen-bond acceptors (Lipinski definition) is 6. The number of halogens is 1. The van der Waals surface area contributed by atoms with E-state index in [0.29, 0.717) is 19.4 Å². The van der Waals surface area contributed by atoms with Crippen LogP contribution < -0.4 is 5.32 Å². The second kappa shape index (κ2) is 11.2. The maximum Gasteiger partial charge on any atom is 0.290 e. The Labute approximate surface area is 178 Å². The third-order valence-electron chi connectivity index (χ3n) is 5.08. The van der Waals surface area contributed by atoms with Gasteiger partial charge in [-0.05, 0) is 30.9 Å². The molecule has 0 bridgehead atoms. The molecule has 1 aliphatic rings. The number of pyridine rings is 1. The van der Waals surface area contributed by atoms with Gasteiger partial charge in [0.15, 0.2) is 5.82 Å². The lowest BCUT2D eigenvalue weighted by Gasteiger charge is -2.21. The Morgan fingerprint density at radius 2 is 2.10 bits per heavy atom. The van der Waals surface area contributed by atoms with Gasteiger partial charge in [0.25, 0.3) is 12.4 Å². The first-order valence-electron chi connectivity index (χ1n) is 9.65. The Morgan fingerprint density at radius 1 is 1.39 bits per heavy atom. The van der Waals surface area contributed by atoms with Crippen LogP contribution in [0.1, 0.15) is 28.8 Å². The average molecular weight is 435 g/mol. The van der Waals surface area contributed by atoms with Crippen molar-refractivity contribution in [2.24, 2.45) is 13.0 Å². The van der Waals surface area contributed by atoms with Crippen molar-refractivity contribution in [1.29, 1.82) is 0 Å². The molecule has 0 saturated heterocycles. The van der Waals surface area contributed by atoms with Crippen LogP contribution in [0, 0.1) is 11.7 Å². The van der Waals surface area contributed by atoms with Crippen molar-refractivity contribution in [3.05, 3.63) is 47.8 Å². The second-order valence-electron chi connectivity index (χ2n) is 7.31. The number of nitrogens with one attached hydrogen (secondary N) is 1. The number of carbonyl (C=O) groups is 3. The molecule has 11 heteroatoms. The molecule has 1 fully saturated rings. The molecule has 3 atom stereocenters. The number of aryl methyl sites for hydroxylation is 1. The van der Waals surface area contributed by atoms with Crippen LogP contribution in [0.5, 0.6) is 0 Å². The molecule has 0 aliphatic heterocycles. The monoisotopic (exact) mass is 435 g/mol. The van der Waals surface area contributed by atoms with E-state index < -0.39 is 23.9 Å². The minimum absolute atomic E-state index is 0.0743. The summed E-state index contributed by atoms with van der Waals surface area (Å²) >= 11 is 0. The SMILES string of the molecule is CN(CCc1cnn(C)c1)C(=O)[C@@H]1C[C@@H](O)[C@H](NC(=O)c2ccncc2F)C1.O=CO. The molecule has 0 radical (unpaired) electrons. The minimum atomic E-state index is -0.852. The molecule has 2 heterocycles. The highest BCUT2D eigenvalue weighted by atomic mass is 19.1. The Kier molecular flexibility index (Phi) is 8.62. The van der Waals surface area contributed by atoms with Crippen LogP contribution in [0.3, 0.4) is 0 Å². The van der Waals surface area contributed by atoms with Gasteiger partial charge in [-0.3, -0.25) is 24.0 Å². The Morgan fingerprint density at radius 3 is 2.71 bits per heavy atom. The molecule has 2 amide bonds. The molecule has 168 valence electrons. The number of aliphatic hydroxyl groups is 1. The van der Waals surface area contributed by atoms with Crippen LogP contribution in [0.25, 0.3) is 0 Å². The van der Waals surface area contributed by atoms with E-state index in [1.54, 1.807) is 22.8 Å². The molecule has 31 heavy (non-hydrogen) atoms. The van der Waals surface area contributed by atoms with Crippen LogP contribution in [0.4, 0.5) is 4.39 Å². The average Bonchev–Trinajstić information content (AvgIpc) is 3.31. The lowest BCUT2D eigenvalue weighted by molar-refractivity contribution is -0.134. The standard InChI is InChI=1S/C19H24FN5O3.CH2O2/c1-24(6-4-12-9-22-25(2)11-12)19(28)13-7-16(17(26)8-13)23-18(27)14-3-5-21-10-15(14)20;2-1-3/h3,5,9-11,13,16-17,26H,4,6-8H2,1-2H3,(H,23,27);1H,(H,2,3)/t13-,16+,17+;/m0./s1. The van der Waals surface area contributed by atoms with Gasteiger partial charge < -0.3 is 20.4 Å². The summed E-state index contributed by atoms with van der Waals surface area (Å²) in [5, 5.41) is 23.9. The topological polar surface area (TPSA) is 138 Å². The minimum Gasteiger partial charge on any atom is -0.483 e. The first-order chi connectivity index (χ1) is 14.8. The molecule has 1 saturated carbocycles. The molecular formula is C20H26FN5O5. The fourth-order valence-corrected chi connectivity index (χ4v) is 3.50. The van der Waals surface area contributed by atoms with Crippen molar-refractivity contribution in [2.45, 2.75) is 31.4 Å². The van der Waals surface area contributed by atoms with Gasteiger partial charge in [-0.2, -0.15) is 5.10 Å². The molecule has 0 unspecified atom stereocenters. The van der Waals surface area contributed by atoms with Crippen molar-refractivity contribution in [3.8, 4) is 0 Å². The van der Waals surface area contributed by atoms with Gasteiger partial charge in [-0.1, -0.05) is 0 Å². The molecular weight excluding hydrogens is 409 g/mol. The molecule has 3 rings (SSSR count). The highest BCUT2D eigenvalue weighted by molar-refractivity contribution is 5.94. The molecule has 2 aromatic heterocycles. The first-order valence-corrected chi connectivity index (χ1v) is 9.65. The van der Waals surface area contributed by atoms with E-state index in [4.69, 9.17) is 9.90 Å². The number of nitrogens with zero attached hydrogens (tertiary/aromatic N) is 4. The number of amides is 2. The third kappa shape index (κ3) is 6.57. The van der Waals surface area contributed by atoms with Crippen molar-refractivity contribution < 1.29 is 29.0 Å². The number of aliphatic hydroxyl groups excluding tert-OH is 1. The van der Waals surface area contributed by atoms with E-state index in [1.807, 2.05) is 13.2 Å². The zero-order chi connectivity index (χ0) is 23.0. The van der Waals surface area contributed by atoms with Gasteiger partial charge in [0.1, 0.15) is 0 Å². The van der Waals surface area contributed by atoms with E-state index in [2.05, 4.69) is 15.4 Å². The van der Waals surface area contributed by atoms with Crippen LogP contribution in [-0.4, -0.2) is 73.9 Å². The van der Waals surface area contributed by atoms with Gasteiger partial charge >= 0.3 is 0 Å². The van der Waals surface area contributed by atoms with Gasteiger partial charge in [0, 0.05) is 39.0 Å². The van der Waals surface area contributed by atoms with E-state index in [1.165, 1.54) is 12.3 Å². The van der Waals surface area contributed by atoms with E-state index in [-0.39, 0.29) is 30.3 Å². The number of carboxylic acid groups (broad SMARTS) is 1. The molecule has 0 spiro atoms. The molecule has 0 aromatic carbocycles. The number of hydrogen-bond donors (Lipinski definition) is 3. The summed E-state index contributed by atoms with van der Waals surface area (Å²) in [7, 11) is 3.56. The van der Waals surface area contributed by atoms with Crippen LogP contribution in [0.15, 0.2) is 30.9 Å². The maximum absolute atomic E-state index is 13.7. The summed E-state index contributed by atoms with van der Waals surface area (Å²) in [4.78, 5) is 38.5. The number of likely N-dealkylation sites (N-methyl/N-ethyl adjacent to an activating group) is 1. The highest BCUT2D eigenvalue weighted by Crippen LogP contribution is 2.28. The fraction of sp³-hybridized carbons (Fsp3) is 0.450. The van der Waals surface area contributed by atoms with Gasteiger partial charge in [0.2, 0.25) is 5.91 Å². The van der Waals surface area contributed by atoms with Crippen LogP contribution >= 0.6 is 0 Å². The molecule has 1 aliphatic carbocycles. The third-order valence-corrected chi connectivity index (χ3v) is 5.08. The largest absolute Gasteiger partial charge is 0.483 e. The summed E-state index contributed by atoms with van der Waals surface area (Å²) in [5.41, 5.74) is 0.906. The van der Waals surface area contributed by atoms with Gasteiger partial charge in [-0.15, -0.1) is 0 Å². The van der Waals surface area contributed by atoms with Gasteiger partial charge in [0.05, 0.1) is 30.1 Å². The van der Waals surface area contributed by atoms with Crippen molar-refractivity contribution in [2.75, 3.05) is 13.6 Å². The predicted octanol–water partition coefficient (Wildman–Crippen LogP) is 0.225. The summed E-state index contributed by atoms with van der Waals surface area (Å²) in [6.45, 7) is 0.288. The maximum atomic E-state index is 13.7. The van der Waals surface area contributed by atoms with Gasteiger partial charge in [-0.25, -0.2) is 4.39 Å². The second-order valence-corrected chi connectivity index (χ2v) is 7.31. The predicted molar refractivity (Wildman–Crippen MR) is 107 cm³/mol. The van der Waals surface area contributed by atoms with E-state index in [0.717, 1.165) is 11.8 Å². The first kappa shape index (κ1) is 23.9.